The molecule has 124 valence electrons. The summed E-state index contributed by atoms with van der Waals surface area (Å²) in [4.78, 5) is 0. The second-order valence-corrected chi connectivity index (χ2v) is 13.3. The van der Waals surface area contributed by atoms with Crippen LogP contribution in [0.25, 0.3) is 0 Å². The van der Waals surface area contributed by atoms with Gasteiger partial charge in [-0.25, -0.2) is 0 Å². The third-order valence-electron chi connectivity index (χ3n) is 1.83. The van der Waals surface area contributed by atoms with E-state index in [1.165, 1.54) is 7.14 Å². The van der Waals surface area contributed by atoms with Crippen LogP contribution < -0.4 is 21.2 Å². The van der Waals surface area contributed by atoms with E-state index < -0.39 is 19.5 Å². The van der Waals surface area contributed by atoms with E-state index >= 15 is 0 Å². The van der Waals surface area contributed by atoms with Crippen molar-refractivity contribution in [1.82, 2.24) is 0 Å². The van der Waals surface area contributed by atoms with Gasteiger partial charge < -0.3 is 0 Å². The Morgan fingerprint density at radius 1 is 0.591 bits per heavy atom. The number of halogens is 9. The zero-order chi connectivity index (χ0) is 17.1. The first-order valence-electron chi connectivity index (χ1n) is 5.41. The summed E-state index contributed by atoms with van der Waals surface area (Å²) in [6.07, 6.45) is 0. The Hall–Kier alpha value is 0.148. The zero-order valence-corrected chi connectivity index (χ0v) is 16.7. The molecule has 0 radical (unpaired) electrons. The predicted octanol–water partition coefficient (Wildman–Crippen LogP) is 3.26. The maximum atomic E-state index is 9.93. The summed E-state index contributed by atoms with van der Waals surface area (Å²) in [6, 6.07) is 16.1. The first-order chi connectivity index (χ1) is 9.69. The van der Waals surface area contributed by atoms with Crippen molar-refractivity contribution in [3.8, 4) is 0 Å². The van der Waals surface area contributed by atoms with Crippen LogP contribution in [-0.4, -0.2) is 19.5 Å². The van der Waals surface area contributed by atoms with Crippen molar-refractivity contribution in [2.45, 2.75) is 0 Å². The van der Waals surface area contributed by atoms with Gasteiger partial charge in [-0.3, -0.25) is 0 Å². The standard InChI is InChI=1S/C12H8Cl2I.6FH.Sb/c13-9-1-5-11(6-2-9)15-12-7-3-10(14)4-8-12;;;;;;;/h1-8H;6*1H;/q+1;;;;;;;+5/p-6. The van der Waals surface area contributed by atoms with E-state index in [1.807, 2.05) is 24.3 Å². The molecule has 0 N–H and O–H groups in total. The average Bonchev–Trinajstić information content (AvgIpc) is 2.31. The Morgan fingerprint density at radius 2 is 0.818 bits per heavy atom. The van der Waals surface area contributed by atoms with Gasteiger partial charge in [-0.05, 0) is 48.5 Å². The fourth-order valence-corrected chi connectivity index (χ4v) is 3.52. The van der Waals surface area contributed by atoms with Crippen molar-refractivity contribution in [3.63, 3.8) is 0 Å². The first kappa shape index (κ1) is 20.2. The third kappa shape index (κ3) is 12.7. The van der Waals surface area contributed by atoms with E-state index in [0.717, 1.165) is 10.0 Å². The summed E-state index contributed by atoms with van der Waals surface area (Å²) in [5, 5.41) is 1.58. The summed E-state index contributed by atoms with van der Waals surface area (Å²) in [6.45, 7) is 0. The molecule has 0 saturated heterocycles. The molecule has 0 amide bonds. The average molecular weight is 586 g/mol. The van der Waals surface area contributed by atoms with Gasteiger partial charge in [0.25, 0.3) is 0 Å². The topological polar surface area (TPSA) is 0 Å². The molecule has 0 spiro atoms. The molecule has 0 aliphatic carbocycles. The molecule has 0 bridgehead atoms. The Balaban J connectivity index is 0.000000295. The van der Waals surface area contributed by atoms with E-state index in [1.54, 1.807) is 0 Å². The Morgan fingerprint density at radius 3 is 1.05 bits per heavy atom. The molecule has 10 heteroatoms. The molecule has 0 unspecified atom stereocenters. The van der Waals surface area contributed by atoms with Crippen LogP contribution in [0.1, 0.15) is 0 Å². The molecule has 0 saturated carbocycles. The van der Waals surface area contributed by atoms with Crippen molar-refractivity contribution in [3.05, 3.63) is 65.7 Å². The molecule has 2 rings (SSSR count). The first-order valence-corrected chi connectivity index (χ1v) is 14.1. The van der Waals surface area contributed by atoms with Crippen LogP contribution in [0.4, 0.5) is 16.9 Å². The second kappa shape index (κ2) is 6.57. The normalized spacial score (nSPS) is 14.4. The van der Waals surface area contributed by atoms with Crippen LogP contribution in [0.15, 0.2) is 48.5 Å². The van der Waals surface area contributed by atoms with Crippen LogP contribution in [-0.2, 0) is 0 Å². The monoisotopic (exact) mass is 584 g/mol. The van der Waals surface area contributed by atoms with Crippen molar-refractivity contribution in [2.24, 2.45) is 0 Å². The minimum atomic E-state index is -11.2. The number of rotatable bonds is 2. The maximum absolute atomic E-state index is 11.2. The second-order valence-electron chi connectivity index (χ2n) is 3.93. The van der Waals surface area contributed by atoms with Crippen LogP contribution in [0, 0.1) is 7.14 Å². The quantitative estimate of drug-likeness (QED) is 0.289. The Kier molecular flexibility index (Phi) is 6.03. The van der Waals surface area contributed by atoms with Crippen molar-refractivity contribution in [2.75, 3.05) is 0 Å². The van der Waals surface area contributed by atoms with E-state index in [9.17, 15) is 16.9 Å². The fraction of sp³-hybridized carbons (Fsp3) is 0. The predicted molar refractivity (Wildman–Crippen MR) is 72.7 cm³/mol. The Bertz CT molecular complexity index is 570. The molecule has 0 fully saturated rings. The fourth-order valence-electron chi connectivity index (χ4n) is 1.11. The summed E-state index contributed by atoms with van der Waals surface area (Å²) >= 11 is 0.296. The summed E-state index contributed by atoms with van der Waals surface area (Å²) in [7, 11) is 0. The van der Waals surface area contributed by atoms with Gasteiger partial charge in [-0.2, -0.15) is 0 Å². The van der Waals surface area contributed by atoms with E-state index in [2.05, 4.69) is 24.3 Å². The molecule has 0 aliphatic heterocycles. The zero-order valence-electron chi connectivity index (χ0n) is 10.5. The van der Waals surface area contributed by atoms with Crippen molar-refractivity contribution >= 4 is 42.7 Å². The van der Waals surface area contributed by atoms with Crippen LogP contribution >= 0.6 is 23.2 Å². The number of hydrogen-bond acceptors (Lipinski definition) is 0. The number of hydrogen-bond donors (Lipinski definition) is 0. The molecule has 0 nitrogen and oxygen atoms in total. The van der Waals surface area contributed by atoms with E-state index in [-0.39, 0.29) is 21.2 Å². The van der Waals surface area contributed by atoms with Gasteiger partial charge in [-0.1, -0.05) is 23.2 Å². The summed E-state index contributed by atoms with van der Waals surface area (Å²) in [5.41, 5.74) is 0. The molecular formula is C12H8Cl2F6ISb. The molecule has 22 heavy (non-hydrogen) atoms. The van der Waals surface area contributed by atoms with Gasteiger partial charge in [0.2, 0.25) is 0 Å². The summed E-state index contributed by atoms with van der Waals surface area (Å²) in [5.74, 6) is 0. The van der Waals surface area contributed by atoms with Gasteiger partial charge in [-0.15, -0.1) is 0 Å². The molecule has 0 aromatic heterocycles. The van der Waals surface area contributed by atoms with Gasteiger partial charge in [0.1, 0.15) is 0 Å². The SMILES string of the molecule is Clc1ccc([I+]c2ccc(Cl)cc2)cc1.[F][Sb-]([F])([F])([F])([F])[F]. The van der Waals surface area contributed by atoms with Crippen LogP contribution in [0.2, 0.25) is 10.0 Å². The third-order valence-corrected chi connectivity index (χ3v) is 5.01. The van der Waals surface area contributed by atoms with Gasteiger partial charge in [0, 0.05) is 10.0 Å². The number of benzene rings is 2. The van der Waals surface area contributed by atoms with Gasteiger partial charge in [0.05, 0.1) is 0 Å². The van der Waals surface area contributed by atoms with E-state index in [4.69, 9.17) is 23.2 Å². The molecule has 0 heterocycles. The molecule has 2 aromatic carbocycles. The molecular weight excluding hydrogens is 578 g/mol. The summed E-state index contributed by atoms with van der Waals surface area (Å²) < 4.78 is 62.3. The van der Waals surface area contributed by atoms with Crippen LogP contribution in [0.3, 0.4) is 0 Å². The molecule has 0 aliphatic rings. The van der Waals surface area contributed by atoms with E-state index in [0.29, 0.717) is 0 Å². The molecule has 0 atom stereocenters. The van der Waals surface area contributed by atoms with Gasteiger partial charge in [0.15, 0.2) is 7.14 Å². The van der Waals surface area contributed by atoms with Crippen molar-refractivity contribution < 1.29 is 38.1 Å². The molecule has 2 aromatic rings. The minimum absolute atomic E-state index is 0.114. The van der Waals surface area contributed by atoms with Gasteiger partial charge >= 0.3 is 57.6 Å². The van der Waals surface area contributed by atoms with Crippen LogP contribution in [0.5, 0.6) is 0 Å². The van der Waals surface area contributed by atoms with Crippen molar-refractivity contribution in [1.29, 1.82) is 0 Å². The Labute approximate surface area is 145 Å².